The molecule has 4 nitrogen and oxygen atoms in total. The third kappa shape index (κ3) is 4.20. The molecule has 0 aromatic carbocycles. The Morgan fingerprint density at radius 1 is 1.24 bits per heavy atom. The molecule has 0 amide bonds. The van der Waals surface area contributed by atoms with Gasteiger partial charge in [-0.3, -0.25) is 4.79 Å². The molecular formula is C11H25NO3Si2. The number of carboxylic acid groups (broad SMARTS) is 1. The molecule has 100 valence electrons. The monoisotopic (exact) mass is 275 g/mol. The van der Waals surface area contributed by atoms with E-state index < -0.39 is 22.5 Å². The zero-order valence-corrected chi connectivity index (χ0v) is 13.8. The van der Waals surface area contributed by atoms with E-state index in [1.54, 1.807) is 0 Å². The number of aliphatic carboxylic acids is 1. The molecule has 0 bridgehead atoms. The molecular weight excluding hydrogens is 250 g/mol. The molecule has 1 N–H and O–H groups in total. The van der Waals surface area contributed by atoms with E-state index in [1.165, 1.54) is 0 Å². The van der Waals surface area contributed by atoms with Crippen molar-refractivity contribution in [3.05, 3.63) is 0 Å². The lowest BCUT2D eigenvalue weighted by atomic mass is 10.2. The first-order valence-electron chi connectivity index (χ1n) is 6.18. The summed E-state index contributed by atoms with van der Waals surface area (Å²) in [6, 6.07) is -0.344. The van der Waals surface area contributed by atoms with E-state index in [4.69, 9.17) is 4.43 Å². The first-order chi connectivity index (χ1) is 7.50. The second-order valence-corrected chi connectivity index (χ2v) is 16.1. The molecule has 17 heavy (non-hydrogen) atoms. The van der Waals surface area contributed by atoms with E-state index in [0.29, 0.717) is 6.42 Å². The van der Waals surface area contributed by atoms with E-state index in [2.05, 4.69) is 43.8 Å². The Morgan fingerprint density at radius 3 is 2.06 bits per heavy atom. The van der Waals surface area contributed by atoms with Crippen molar-refractivity contribution in [2.75, 3.05) is 6.54 Å². The van der Waals surface area contributed by atoms with Gasteiger partial charge in [-0.15, -0.1) is 0 Å². The third-order valence-corrected chi connectivity index (χ3v) is 6.19. The van der Waals surface area contributed by atoms with Gasteiger partial charge in [-0.1, -0.05) is 19.6 Å². The highest BCUT2D eigenvalue weighted by Gasteiger charge is 2.44. The van der Waals surface area contributed by atoms with Crippen molar-refractivity contribution in [2.45, 2.75) is 57.8 Å². The highest BCUT2D eigenvalue weighted by molar-refractivity contribution is 6.73. The van der Waals surface area contributed by atoms with Gasteiger partial charge in [0.1, 0.15) is 14.3 Å². The number of hydrogen-bond donors (Lipinski definition) is 1. The standard InChI is InChI=1S/C11H25NO3Si2/c1-16(2,3)12-8-9(15-17(4,5)6)7-10(12)11(13)14/h9-10H,7-8H2,1-6H3,(H,13,14)/t9-,10+/m1/s1. The maximum Gasteiger partial charge on any atom is 0.320 e. The summed E-state index contributed by atoms with van der Waals surface area (Å²) in [5.74, 6) is -0.700. The quantitative estimate of drug-likeness (QED) is 0.799. The van der Waals surface area contributed by atoms with Gasteiger partial charge in [0, 0.05) is 6.54 Å². The summed E-state index contributed by atoms with van der Waals surface area (Å²) >= 11 is 0. The molecule has 0 aromatic heterocycles. The van der Waals surface area contributed by atoms with Crippen LogP contribution in [0.5, 0.6) is 0 Å². The van der Waals surface area contributed by atoms with Gasteiger partial charge in [-0.2, -0.15) is 0 Å². The summed E-state index contributed by atoms with van der Waals surface area (Å²) in [5.41, 5.74) is 0. The van der Waals surface area contributed by atoms with Crippen LogP contribution in [0.1, 0.15) is 6.42 Å². The Balaban J connectivity index is 2.76. The number of nitrogens with zero attached hydrogens (tertiary/aromatic N) is 1. The number of carboxylic acids is 1. The predicted octanol–water partition coefficient (Wildman–Crippen LogP) is 2.20. The molecule has 1 aliphatic rings. The minimum atomic E-state index is -1.58. The minimum Gasteiger partial charge on any atom is -0.480 e. The fourth-order valence-electron chi connectivity index (χ4n) is 2.36. The van der Waals surface area contributed by atoms with E-state index in [9.17, 15) is 9.90 Å². The largest absolute Gasteiger partial charge is 0.480 e. The highest BCUT2D eigenvalue weighted by Crippen LogP contribution is 2.28. The number of carbonyl (C=O) groups is 1. The third-order valence-electron chi connectivity index (χ3n) is 2.93. The van der Waals surface area contributed by atoms with Crippen LogP contribution in [0.25, 0.3) is 0 Å². The normalized spacial score (nSPS) is 27.4. The summed E-state index contributed by atoms with van der Waals surface area (Å²) in [4.78, 5) is 11.3. The topological polar surface area (TPSA) is 49.8 Å². The summed E-state index contributed by atoms with van der Waals surface area (Å²) < 4.78 is 8.24. The zero-order valence-electron chi connectivity index (χ0n) is 11.8. The zero-order chi connectivity index (χ0) is 13.4. The summed E-state index contributed by atoms with van der Waals surface area (Å²) in [6.07, 6.45) is 0.749. The van der Waals surface area contributed by atoms with Crippen molar-refractivity contribution in [3.63, 3.8) is 0 Å². The predicted molar refractivity (Wildman–Crippen MR) is 74.3 cm³/mol. The lowest BCUT2D eigenvalue weighted by Gasteiger charge is -2.33. The second-order valence-electron chi connectivity index (χ2n) is 6.77. The molecule has 1 heterocycles. The van der Waals surface area contributed by atoms with Crippen LogP contribution in [0.3, 0.4) is 0 Å². The summed E-state index contributed by atoms with van der Waals surface area (Å²) in [6.45, 7) is 13.8. The Morgan fingerprint density at radius 2 is 1.76 bits per heavy atom. The number of rotatable bonds is 4. The van der Waals surface area contributed by atoms with Crippen molar-refractivity contribution in [3.8, 4) is 0 Å². The van der Waals surface area contributed by atoms with E-state index >= 15 is 0 Å². The van der Waals surface area contributed by atoms with Crippen molar-refractivity contribution < 1.29 is 14.3 Å². The van der Waals surface area contributed by atoms with Crippen LogP contribution in [-0.2, 0) is 9.22 Å². The molecule has 1 aliphatic heterocycles. The van der Waals surface area contributed by atoms with Crippen LogP contribution in [0.2, 0.25) is 39.3 Å². The van der Waals surface area contributed by atoms with Crippen molar-refractivity contribution in [1.82, 2.24) is 4.57 Å². The van der Waals surface area contributed by atoms with Crippen LogP contribution in [-0.4, -0.2) is 50.9 Å². The van der Waals surface area contributed by atoms with Crippen LogP contribution in [0, 0.1) is 0 Å². The van der Waals surface area contributed by atoms with Gasteiger partial charge in [-0.25, -0.2) is 0 Å². The minimum absolute atomic E-state index is 0.106. The molecule has 0 saturated carbocycles. The molecule has 1 rings (SSSR count). The molecule has 1 saturated heterocycles. The van der Waals surface area contributed by atoms with E-state index in [-0.39, 0.29) is 12.1 Å². The smallest absolute Gasteiger partial charge is 0.320 e. The van der Waals surface area contributed by atoms with E-state index in [0.717, 1.165) is 6.54 Å². The Kier molecular flexibility index (Phi) is 4.23. The van der Waals surface area contributed by atoms with Gasteiger partial charge in [0.25, 0.3) is 0 Å². The van der Waals surface area contributed by atoms with Gasteiger partial charge in [0.15, 0.2) is 8.32 Å². The van der Waals surface area contributed by atoms with Crippen molar-refractivity contribution in [1.29, 1.82) is 0 Å². The first kappa shape index (κ1) is 14.9. The molecule has 0 aliphatic carbocycles. The first-order valence-corrected chi connectivity index (χ1v) is 13.0. The summed E-state index contributed by atoms with van der Waals surface area (Å²) in [5, 5.41) is 9.30. The Bertz CT molecular complexity index is 296. The highest BCUT2D eigenvalue weighted by atomic mass is 28.4. The lowest BCUT2D eigenvalue weighted by molar-refractivity contribution is -0.140. The lowest BCUT2D eigenvalue weighted by Crippen LogP contribution is -2.51. The van der Waals surface area contributed by atoms with Crippen LogP contribution < -0.4 is 0 Å². The molecule has 1 fully saturated rings. The molecule has 6 heteroatoms. The maximum atomic E-state index is 11.3. The number of hydrogen-bond acceptors (Lipinski definition) is 3. The molecule has 0 aromatic rings. The van der Waals surface area contributed by atoms with Crippen LogP contribution >= 0.6 is 0 Å². The Labute approximate surface area is 106 Å². The summed E-state index contributed by atoms with van der Waals surface area (Å²) in [7, 11) is -3.16. The fourth-order valence-corrected chi connectivity index (χ4v) is 5.43. The van der Waals surface area contributed by atoms with Crippen molar-refractivity contribution >= 4 is 22.5 Å². The Hall–Kier alpha value is -0.176. The molecule has 0 radical (unpaired) electrons. The SMILES string of the molecule is C[Si](C)(C)O[C@@H]1C[C@@H](C(=O)O)N([Si](C)(C)C)C1. The molecule has 0 spiro atoms. The molecule has 0 unspecified atom stereocenters. The average molecular weight is 275 g/mol. The maximum absolute atomic E-state index is 11.3. The van der Waals surface area contributed by atoms with Crippen molar-refractivity contribution in [2.24, 2.45) is 0 Å². The van der Waals surface area contributed by atoms with Gasteiger partial charge >= 0.3 is 5.97 Å². The van der Waals surface area contributed by atoms with Gasteiger partial charge < -0.3 is 14.1 Å². The van der Waals surface area contributed by atoms with Crippen LogP contribution in [0.4, 0.5) is 0 Å². The van der Waals surface area contributed by atoms with Gasteiger partial charge in [-0.05, 0) is 26.1 Å². The van der Waals surface area contributed by atoms with E-state index in [1.807, 2.05) is 0 Å². The fraction of sp³-hybridized carbons (Fsp3) is 0.909. The average Bonchev–Trinajstić information content (AvgIpc) is 2.43. The second kappa shape index (κ2) is 4.83. The van der Waals surface area contributed by atoms with Crippen LogP contribution in [0.15, 0.2) is 0 Å². The molecule has 2 atom stereocenters. The van der Waals surface area contributed by atoms with Gasteiger partial charge in [0.2, 0.25) is 0 Å². The van der Waals surface area contributed by atoms with Gasteiger partial charge in [0.05, 0.1) is 6.10 Å².